The molecule has 0 heterocycles. The van der Waals surface area contributed by atoms with E-state index in [-0.39, 0.29) is 33.5 Å². The van der Waals surface area contributed by atoms with Crippen LogP contribution in [0, 0.1) is 14.7 Å². The summed E-state index contributed by atoms with van der Waals surface area (Å²) in [5.74, 6) is 0. The second-order valence-electron chi connectivity index (χ2n) is 0.822. The zero-order valence-corrected chi connectivity index (χ0v) is 10.2. The molecule has 0 aliphatic heterocycles. The number of hydrogen-bond acceptors (Lipinski definition) is 8. The van der Waals surface area contributed by atoms with Gasteiger partial charge in [0.25, 0.3) is 0 Å². The van der Waals surface area contributed by atoms with Crippen molar-refractivity contribution in [2.75, 3.05) is 13.1 Å². The minimum atomic E-state index is 0. The second kappa shape index (κ2) is 114. The largest absolute Gasteiger partial charge is 4.00 e. The van der Waals surface area contributed by atoms with E-state index in [1.807, 2.05) is 0 Å². The van der Waals surface area contributed by atoms with Crippen LogP contribution in [0.25, 0.3) is 0 Å². The Morgan fingerprint density at radius 3 is 0.867 bits per heavy atom. The van der Waals surface area contributed by atoms with Crippen LogP contribution >= 0.6 is 0 Å². The third kappa shape index (κ3) is 167000. The van der Waals surface area contributed by atoms with Gasteiger partial charge in [0, 0.05) is 13.1 Å². The van der Waals surface area contributed by atoms with E-state index in [0.29, 0.717) is 13.1 Å². The maximum absolute atomic E-state index is 8.11. The summed E-state index contributed by atoms with van der Waals surface area (Å²) in [7, 11) is 0. The predicted molar refractivity (Wildman–Crippen MR) is 40.9 cm³/mol. The van der Waals surface area contributed by atoms with Crippen LogP contribution in [-0.2, 0) is 21.1 Å². The van der Waals surface area contributed by atoms with E-state index in [2.05, 4.69) is 0 Å². The molecule has 7 N–H and O–H groups in total. The van der Waals surface area contributed by atoms with Gasteiger partial charge in [0.1, 0.15) is 0 Å². The Balaban J connectivity index is -0.0000000174. The van der Waals surface area contributed by atoms with Gasteiger partial charge in [0.2, 0.25) is 0 Å². The summed E-state index contributed by atoms with van der Waals surface area (Å²) in [5.41, 5.74) is 9.81. The van der Waals surface area contributed by atoms with Crippen LogP contribution in [-0.4, -0.2) is 28.7 Å². The number of hydrogen-bond donors (Lipinski definition) is 5. The molecular formula is C2H11ClN5O6Pt+3. The Morgan fingerprint density at radius 2 is 0.867 bits per heavy atom. The van der Waals surface area contributed by atoms with Gasteiger partial charge < -0.3 is 39.5 Å². The average Bonchev–Trinajstić information content (AvgIpc) is 2.08. The molecule has 0 atom stereocenters. The third-order valence-electron chi connectivity index (χ3n) is 0.167. The molecular weight excluding hydrogens is 421 g/mol. The molecule has 0 bridgehead atoms. The molecule has 0 rings (SSSR count). The third-order valence-corrected chi connectivity index (χ3v) is 0.167. The van der Waals surface area contributed by atoms with Crippen molar-refractivity contribution in [3.8, 4) is 0 Å². The molecule has 0 saturated heterocycles. The molecule has 13 heteroatoms. The van der Waals surface area contributed by atoms with Crippen molar-refractivity contribution < 1.29 is 49.1 Å². The van der Waals surface area contributed by atoms with Crippen LogP contribution < -0.4 is 23.9 Å². The van der Waals surface area contributed by atoms with Crippen LogP contribution in [0.1, 0.15) is 0 Å². The molecule has 15 heavy (non-hydrogen) atoms. The van der Waals surface area contributed by atoms with Gasteiger partial charge in [-0.2, -0.15) is 0 Å². The Labute approximate surface area is 105 Å². The van der Waals surface area contributed by atoms with Gasteiger partial charge >= 0.3 is 21.1 Å². The van der Waals surface area contributed by atoms with Crippen molar-refractivity contribution in [1.82, 2.24) is 0 Å². The van der Waals surface area contributed by atoms with Crippen molar-refractivity contribution in [2.24, 2.45) is 27.5 Å². The molecule has 0 amide bonds. The van der Waals surface area contributed by atoms with Gasteiger partial charge in [0.15, 0.2) is 16.0 Å². The molecule has 0 aliphatic carbocycles. The first kappa shape index (κ1) is 36.9. The van der Waals surface area contributed by atoms with Crippen LogP contribution in [0.2, 0.25) is 0 Å². The Hall–Kier alpha value is -0.902. The fourth-order valence-electron chi connectivity index (χ4n) is 0. The SMILES string of the molecule is NCCN.O=NO.O=NO.O=NO.[Cl-].[Pt+4]. The van der Waals surface area contributed by atoms with Gasteiger partial charge in [-0.1, -0.05) is 0 Å². The number of nitrogens with two attached hydrogens (primary N) is 2. The number of halogens is 1. The van der Waals surface area contributed by atoms with E-state index in [0.717, 1.165) is 0 Å². The second-order valence-corrected chi connectivity index (χ2v) is 0.822. The summed E-state index contributed by atoms with van der Waals surface area (Å²) in [5, 5.41) is 23.7. The first-order chi connectivity index (χ1) is 6.16. The smallest absolute Gasteiger partial charge is 1.00 e. The van der Waals surface area contributed by atoms with Crippen molar-refractivity contribution in [2.45, 2.75) is 0 Å². The Bertz CT molecular complexity index is 83.3. The van der Waals surface area contributed by atoms with Gasteiger partial charge in [-0.3, -0.25) is 0 Å². The molecule has 94 valence electrons. The zero-order chi connectivity index (χ0) is 11.5. The van der Waals surface area contributed by atoms with Gasteiger partial charge in [-0.15, -0.1) is 14.7 Å². The molecule has 0 saturated carbocycles. The van der Waals surface area contributed by atoms with Gasteiger partial charge in [-0.05, 0) is 0 Å². The molecule has 0 fully saturated rings. The first-order valence-corrected chi connectivity index (χ1v) is 2.46. The van der Waals surface area contributed by atoms with Crippen molar-refractivity contribution in [3.05, 3.63) is 14.7 Å². The van der Waals surface area contributed by atoms with Crippen molar-refractivity contribution in [1.29, 1.82) is 0 Å². The number of nitrogens with zero attached hydrogens (tertiary/aromatic N) is 3. The average molecular weight is 432 g/mol. The maximum Gasteiger partial charge on any atom is 4.00 e. The van der Waals surface area contributed by atoms with E-state index in [1.165, 1.54) is 16.0 Å². The molecule has 0 aromatic rings. The molecule has 0 radical (unpaired) electrons. The van der Waals surface area contributed by atoms with E-state index in [4.69, 9.17) is 41.8 Å². The molecule has 0 aromatic carbocycles. The monoisotopic (exact) mass is 431 g/mol. The molecule has 0 unspecified atom stereocenters. The van der Waals surface area contributed by atoms with Crippen molar-refractivity contribution >= 4 is 0 Å². The molecule has 11 nitrogen and oxygen atoms in total. The zero-order valence-electron chi connectivity index (χ0n) is 7.17. The molecule has 0 aliphatic rings. The van der Waals surface area contributed by atoms with E-state index >= 15 is 0 Å². The fraction of sp³-hybridized carbons (Fsp3) is 1.00. The van der Waals surface area contributed by atoms with Crippen LogP contribution in [0.3, 0.4) is 0 Å². The first-order valence-electron chi connectivity index (χ1n) is 2.46. The summed E-state index contributed by atoms with van der Waals surface area (Å²) >= 11 is 0. The summed E-state index contributed by atoms with van der Waals surface area (Å²) in [6.07, 6.45) is 0. The van der Waals surface area contributed by atoms with E-state index in [9.17, 15) is 0 Å². The van der Waals surface area contributed by atoms with Gasteiger partial charge in [0.05, 0.1) is 0 Å². The predicted octanol–water partition coefficient (Wildman–Crippen LogP) is -3.67. The van der Waals surface area contributed by atoms with Crippen LogP contribution in [0.5, 0.6) is 0 Å². The van der Waals surface area contributed by atoms with Crippen molar-refractivity contribution in [3.63, 3.8) is 0 Å². The van der Waals surface area contributed by atoms with E-state index < -0.39 is 0 Å². The Morgan fingerprint density at radius 1 is 0.800 bits per heavy atom. The molecule has 0 spiro atoms. The fourth-order valence-corrected chi connectivity index (χ4v) is 0. The molecule has 0 aromatic heterocycles. The summed E-state index contributed by atoms with van der Waals surface area (Å²) in [6.45, 7) is 1.19. The van der Waals surface area contributed by atoms with E-state index in [1.54, 1.807) is 0 Å². The maximum atomic E-state index is 8.11. The summed E-state index contributed by atoms with van der Waals surface area (Å²) in [6, 6.07) is 0. The standard InChI is InChI=1S/C2H8N2.ClH.3HNO2.Pt/c3-1-2-4;;3*2-1-3;/h1-4H2;1H;3*(H,2,3);/q;;;;;+4/p-1. The Kier molecular flexibility index (Phi) is 281. The van der Waals surface area contributed by atoms with Crippen LogP contribution in [0.4, 0.5) is 0 Å². The normalized spacial score (nSPS) is 4.40. The van der Waals surface area contributed by atoms with Crippen LogP contribution in [0.15, 0.2) is 16.0 Å². The number of rotatable bonds is 1. The minimum absolute atomic E-state index is 0. The topological polar surface area (TPSA) is 201 Å². The summed E-state index contributed by atoms with van der Waals surface area (Å²) in [4.78, 5) is 24.3. The van der Waals surface area contributed by atoms with Gasteiger partial charge in [-0.25, -0.2) is 0 Å². The quantitative estimate of drug-likeness (QED) is 0.206. The minimum Gasteiger partial charge on any atom is -1.00 e. The summed E-state index contributed by atoms with van der Waals surface area (Å²) < 4.78 is 0.